The van der Waals surface area contributed by atoms with Gasteiger partial charge in [0.15, 0.2) is 0 Å². The first-order valence-corrected chi connectivity index (χ1v) is 5.74. The Hall–Kier alpha value is -1.61. The molecule has 0 aliphatic heterocycles. The van der Waals surface area contributed by atoms with Crippen LogP contribution in [0.15, 0.2) is 36.7 Å². The van der Waals surface area contributed by atoms with E-state index >= 15 is 0 Å². The van der Waals surface area contributed by atoms with Gasteiger partial charge in [0.25, 0.3) is 0 Å². The van der Waals surface area contributed by atoms with Crippen LogP contribution in [0.2, 0.25) is 0 Å². The predicted molar refractivity (Wildman–Crippen MR) is 63.9 cm³/mol. The zero-order valence-electron chi connectivity index (χ0n) is 9.11. The van der Waals surface area contributed by atoms with Gasteiger partial charge in [0.2, 0.25) is 0 Å². The average molecular weight is 213 g/mol. The van der Waals surface area contributed by atoms with E-state index in [2.05, 4.69) is 39.8 Å². The predicted octanol–water partition coefficient (Wildman–Crippen LogP) is 2.33. The second-order valence-electron chi connectivity index (χ2n) is 4.30. The highest BCUT2D eigenvalue weighted by molar-refractivity contribution is 5.65. The van der Waals surface area contributed by atoms with Crippen LogP contribution in [0.25, 0.3) is 11.1 Å². The minimum absolute atomic E-state index is 0.748. The molecular formula is C13H15N3. The van der Waals surface area contributed by atoms with Crippen molar-refractivity contribution < 1.29 is 0 Å². The summed E-state index contributed by atoms with van der Waals surface area (Å²) in [6, 6.07) is 9.24. The van der Waals surface area contributed by atoms with Gasteiger partial charge in [0.1, 0.15) is 0 Å². The molecule has 2 aromatic rings. The van der Waals surface area contributed by atoms with Crippen molar-refractivity contribution in [3.63, 3.8) is 0 Å². The highest BCUT2D eigenvalue weighted by Gasteiger charge is 2.20. The maximum Gasteiger partial charge on any atom is 0.0565 e. The smallest absolute Gasteiger partial charge is 0.0565 e. The highest BCUT2D eigenvalue weighted by atomic mass is 15.1. The Morgan fingerprint density at radius 3 is 2.94 bits per heavy atom. The van der Waals surface area contributed by atoms with Gasteiger partial charge in [-0.2, -0.15) is 5.10 Å². The third-order valence-corrected chi connectivity index (χ3v) is 2.99. The fourth-order valence-corrected chi connectivity index (χ4v) is 1.90. The molecule has 0 radical (unpaired) electrons. The molecule has 1 aromatic carbocycles. The SMILES string of the molecule is c1ccc(-c2cn[nH]c2)c(CNC2CC2)c1. The summed E-state index contributed by atoms with van der Waals surface area (Å²) in [6.07, 6.45) is 6.47. The van der Waals surface area contributed by atoms with E-state index in [0.29, 0.717) is 0 Å². The summed E-state index contributed by atoms with van der Waals surface area (Å²) in [7, 11) is 0. The lowest BCUT2D eigenvalue weighted by molar-refractivity contribution is 0.689. The molecule has 82 valence electrons. The number of aromatic amines is 1. The van der Waals surface area contributed by atoms with Gasteiger partial charge in [-0.3, -0.25) is 5.10 Å². The van der Waals surface area contributed by atoms with Crippen molar-refractivity contribution in [1.82, 2.24) is 15.5 Å². The van der Waals surface area contributed by atoms with Crippen molar-refractivity contribution in [3.05, 3.63) is 42.2 Å². The van der Waals surface area contributed by atoms with Crippen molar-refractivity contribution in [2.45, 2.75) is 25.4 Å². The first-order valence-electron chi connectivity index (χ1n) is 5.74. The van der Waals surface area contributed by atoms with Crippen LogP contribution in [0.4, 0.5) is 0 Å². The number of nitrogens with one attached hydrogen (secondary N) is 2. The number of rotatable bonds is 4. The Bertz CT molecular complexity index is 458. The lowest BCUT2D eigenvalue weighted by atomic mass is 10.0. The minimum Gasteiger partial charge on any atom is -0.310 e. The zero-order valence-corrected chi connectivity index (χ0v) is 9.11. The van der Waals surface area contributed by atoms with Crippen LogP contribution >= 0.6 is 0 Å². The Balaban J connectivity index is 1.85. The average Bonchev–Trinajstić information content (AvgIpc) is 3.00. The molecule has 0 saturated heterocycles. The Morgan fingerprint density at radius 1 is 1.31 bits per heavy atom. The third-order valence-electron chi connectivity index (χ3n) is 2.99. The van der Waals surface area contributed by atoms with Crippen LogP contribution < -0.4 is 5.32 Å². The molecule has 3 heteroatoms. The van der Waals surface area contributed by atoms with Gasteiger partial charge in [-0.05, 0) is 24.0 Å². The van der Waals surface area contributed by atoms with Crippen molar-refractivity contribution in [1.29, 1.82) is 0 Å². The molecular weight excluding hydrogens is 198 g/mol. The third kappa shape index (κ3) is 1.99. The van der Waals surface area contributed by atoms with Gasteiger partial charge in [-0.15, -0.1) is 0 Å². The first-order chi connectivity index (χ1) is 7.93. The topological polar surface area (TPSA) is 40.7 Å². The van der Waals surface area contributed by atoms with Gasteiger partial charge < -0.3 is 5.32 Å². The molecule has 1 aliphatic carbocycles. The maximum absolute atomic E-state index is 4.00. The molecule has 2 N–H and O–H groups in total. The lowest BCUT2D eigenvalue weighted by Crippen LogP contribution is -2.15. The van der Waals surface area contributed by atoms with E-state index in [1.54, 1.807) is 0 Å². The second-order valence-corrected chi connectivity index (χ2v) is 4.30. The van der Waals surface area contributed by atoms with Crippen LogP contribution in [0.3, 0.4) is 0 Å². The number of hydrogen-bond acceptors (Lipinski definition) is 2. The van der Waals surface area contributed by atoms with Crippen molar-refractivity contribution in [2.24, 2.45) is 0 Å². The molecule has 0 spiro atoms. The summed E-state index contributed by atoms with van der Waals surface area (Å²) >= 11 is 0. The molecule has 0 amide bonds. The van der Waals surface area contributed by atoms with Crippen LogP contribution in [0, 0.1) is 0 Å². The molecule has 1 aliphatic rings. The molecule has 1 heterocycles. The van der Waals surface area contributed by atoms with Crippen LogP contribution in [0.5, 0.6) is 0 Å². The largest absolute Gasteiger partial charge is 0.310 e. The molecule has 1 aromatic heterocycles. The number of benzene rings is 1. The van der Waals surface area contributed by atoms with Crippen LogP contribution in [0.1, 0.15) is 18.4 Å². The van der Waals surface area contributed by atoms with Crippen molar-refractivity contribution in [3.8, 4) is 11.1 Å². The summed E-state index contributed by atoms with van der Waals surface area (Å²) in [4.78, 5) is 0. The monoisotopic (exact) mass is 213 g/mol. The van der Waals surface area contributed by atoms with Crippen molar-refractivity contribution >= 4 is 0 Å². The maximum atomic E-state index is 4.00. The van der Waals surface area contributed by atoms with Gasteiger partial charge in [-0.1, -0.05) is 24.3 Å². The lowest BCUT2D eigenvalue weighted by Gasteiger charge is -2.08. The fourth-order valence-electron chi connectivity index (χ4n) is 1.90. The Labute approximate surface area is 94.9 Å². The quantitative estimate of drug-likeness (QED) is 0.818. The zero-order chi connectivity index (χ0) is 10.8. The molecule has 3 rings (SSSR count). The molecule has 1 fully saturated rings. The summed E-state index contributed by atoms with van der Waals surface area (Å²) in [6.45, 7) is 0.950. The number of aromatic nitrogens is 2. The summed E-state index contributed by atoms with van der Waals surface area (Å²) in [5, 5.41) is 10.4. The van der Waals surface area contributed by atoms with Gasteiger partial charge in [0.05, 0.1) is 6.20 Å². The van der Waals surface area contributed by atoms with E-state index in [4.69, 9.17) is 0 Å². The molecule has 0 bridgehead atoms. The van der Waals surface area contributed by atoms with E-state index in [1.165, 1.54) is 24.0 Å². The number of H-pyrrole nitrogens is 1. The number of nitrogens with zero attached hydrogens (tertiary/aromatic N) is 1. The van der Waals surface area contributed by atoms with E-state index in [-0.39, 0.29) is 0 Å². The minimum atomic E-state index is 0.748. The summed E-state index contributed by atoms with van der Waals surface area (Å²) in [5.41, 5.74) is 3.77. The van der Waals surface area contributed by atoms with E-state index in [0.717, 1.165) is 18.2 Å². The first kappa shape index (κ1) is 9.60. The standard InChI is InChI=1S/C13H15N3/c1-2-4-13(11-8-15-16-9-11)10(3-1)7-14-12-5-6-12/h1-4,8-9,12,14H,5-7H2,(H,15,16). The Kier molecular flexibility index (Phi) is 2.46. The van der Waals surface area contributed by atoms with Gasteiger partial charge in [0, 0.05) is 24.3 Å². The molecule has 16 heavy (non-hydrogen) atoms. The Morgan fingerprint density at radius 2 is 2.19 bits per heavy atom. The fraction of sp³-hybridized carbons (Fsp3) is 0.308. The highest BCUT2D eigenvalue weighted by Crippen LogP contribution is 2.24. The van der Waals surface area contributed by atoms with Crippen LogP contribution in [-0.2, 0) is 6.54 Å². The normalized spacial score (nSPS) is 15.2. The molecule has 3 nitrogen and oxygen atoms in total. The van der Waals surface area contributed by atoms with Gasteiger partial charge in [-0.25, -0.2) is 0 Å². The van der Waals surface area contributed by atoms with Gasteiger partial charge >= 0.3 is 0 Å². The van der Waals surface area contributed by atoms with E-state index < -0.39 is 0 Å². The molecule has 0 unspecified atom stereocenters. The summed E-state index contributed by atoms with van der Waals surface area (Å²) < 4.78 is 0. The van der Waals surface area contributed by atoms with Crippen LogP contribution in [-0.4, -0.2) is 16.2 Å². The second kappa shape index (κ2) is 4.10. The van der Waals surface area contributed by atoms with E-state index in [9.17, 15) is 0 Å². The van der Waals surface area contributed by atoms with E-state index in [1.807, 2.05) is 12.4 Å². The summed E-state index contributed by atoms with van der Waals surface area (Å²) in [5.74, 6) is 0. The number of hydrogen-bond donors (Lipinski definition) is 2. The van der Waals surface area contributed by atoms with Crippen molar-refractivity contribution in [2.75, 3.05) is 0 Å². The molecule has 0 atom stereocenters. The molecule has 1 saturated carbocycles.